The highest BCUT2D eigenvalue weighted by molar-refractivity contribution is 6.05. The van der Waals surface area contributed by atoms with E-state index in [0.29, 0.717) is 36.1 Å². The number of piperidine rings is 1. The third-order valence-corrected chi connectivity index (χ3v) is 9.28. The van der Waals surface area contributed by atoms with Crippen LogP contribution in [-0.2, 0) is 0 Å². The van der Waals surface area contributed by atoms with Crippen LogP contribution < -0.4 is 20.3 Å². The van der Waals surface area contributed by atoms with Gasteiger partial charge < -0.3 is 29.5 Å². The van der Waals surface area contributed by atoms with E-state index in [1.54, 1.807) is 24.3 Å². The lowest BCUT2D eigenvalue weighted by atomic mass is 9.93. The summed E-state index contributed by atoms with van der Waals surface area (Å²) in [6.07, 6.45) is 6.10. The Morgan fingerprint density at radius 1 is 1.07 bits per heavy atom. The number of ether oxygens (including phenoxy) is 1. The van der Waals surface area contributed by atoms with Gasteiger partial charge in [-0.2, -0.15) is 0 Å². The molecule has 1 saturated heterocycles. The van der Waals surface area contributed by atoms with Gasteiger partial charge in [0.1, 0.15) is 11.4 Å². The van der Waals surface area contributed by atoms with E-state index in [1.807, 2.05) is 6.07 Å². The number of benzene rings is 2. The number of aliphatic hydroxyl groups excluding tert-OH is 1. The number of amides is 1. The number of methoxy groups -OCH3 is 1. The molecule has 4 aromatic rings. The second-order valence-corrected chi connectivity index (χ2v) is 12.6. The summed E-state index contributed by atoms with van der Waals surface area (Å²) in [5, 5.41) is 16.9. The van der Waals surface area contributed by atoms with Gasteiger partial charge in [0.25, 0.3) is 5.91 Å². The van der Waals surface area contributed by atoms with Gasteiger partial charge in [0.05, 0.1) is 29.8 Å². The molecule has 10 nitrogen and oxygen atoms in total. The summed E-state index contributed by atoms with van der Waals surface area (Å²) in [5.74, 6) is -0.492. The molecule has 1 aliphatic carbocycles. The molecule has 2 fully saturated rings. The highest BCUT2D eigenvalue weighted by Crippen LogP contribution is 2.37. The van der Waals surface area contributed by atoms with Gasteiger partial charge in [-0.15, -0.1) is 0 Å². The Morgan fingerprint density at radius 3 is 2.57 bits per heavy atom. The van der Waals surface area contributed by atoms with E-state index >= 15 is 4.39 Å². The summed E-state index contributed by atoms with van der Waals surface area (Å²) < 4.78 is 23.4. The maximum atomic E-state index is 15.9. The number of nitrogens with one attached hydrogen (secondary N) is 2. The number of aromatic nitrogens is 3. The van der Waals surface area contributed by atoms with Crippen molar-refractivity contribution in [1.29, 1.82) is 0 Å². The van der Waals surface area contributed by atoms with Gasteiger partial charge in [0, 0.05) is 55.7 Å². The Morgan fingerprint density at radius 2 is 1.83 bits per heavy atom. The van der Waals surface area contributed by atoms with E-state index in [0.717, 1.165) is 68.6 Å². The molecule has 2 aromatic heterocycles. The van der Waals surface area contributed by atoms with Crippen LogP contribution in [-0.4, -0.2) is 90.0 Å². The first-order chi connectivity index (χ1) is 22.3. The monoisotopic (exact) mass is 629 g/mol. The Labute approximate surface area is 269 Å². The van der Waals surface area contributed by atoms with E-state index < -0.39 is 11.7 Å². The quantitative estimate of drug-likeness (QED) is 0.223. The van der Waals surface area contributed by atoms with E-state index in [-0.39, 0.29) is 23.4 Å². The number of carbonyl (C=O) groups is 1. The molecular formula is C35H44FN7O3. The molecule has 0 unspecified atom stereocenters. The van der Waals surface area contributed by atoms with Crippen molar-refractivity contribution in [3.8, 4) is 17.0 Å². The number of hydrogen-bond donors (Lipinski definition) is 3. The number of likely N-dealkylation sites (N-methyl/N-ethyl adjacent to an activating group) is 1. The number of nitrogens with zero attached hydrogens (tertiary/aromatic N) is 5. The highest BCUT2D eigenvalue weighted by atomic mass is 19.1. The van der Waals surface area contributed by atoms with Gasteiger partial charge in [-0.05, 0) is 89.0 Å². The maximum absolute atomic E-state index is 15.9. The Balaban J connectivity index is 1.27. The van der Waals surface area contributed by atoms with E-state index in [4.69, 9.17) is 9.72 Å². The summed E-state index contributed by atoms with van der Waals surface area (Å²) in [5.41, 5.74) is 3.18. The zero-order chi connectivity index (χ0) is 32.2. The molecule has 0 atom stereocenters. The molecule has 3 N–H and O–H groups in total. The average molecular weight is 630 g/mol. The van der Waals surface area contributed by atoms with Crippen molar-refractivity contribution >= 4 is 28.6 Å². The lowest BCUT2D eigenvalue weighted by molar-refractivity contribution is 0.101. The predicted octanol–water partition coefficient (Wildman–Crippen LogP) is 5.09. The SMILES string of the molecule is COc1ccccc1-c1nccc(C(=O)Nc2nc3ccc(N4CCC(NCCN(C)C)CC4)cc3n2C2CCC(O)CC2)c1F. The van der Waals surface area contributed by atoms with Crippen LogP contribution in [0, 0.1) is 5.82 Å². The molecule has 3 heterocycles. The zero-order valence-corrected chi connectivity index (χ0v) is 26.9. The van der Waals surface area contributed by atoms with Crippen molar-refractivity contribution in [1.82, 2.24) is 24.8 Å². The van der Waals surface area contributed by atoms with Crippen LogP contribution in [0.5, 0.6) is 5.75 Å². The van der Waals surface area contributed by atoms with Gasteiger partial charge in [-0.1, -0.05) is 12.1 Å². The van der Waals surface area contributed by atoms with Crippen molar-refractivity contribution in [2.45, 2.75) is 56.7 Å². The van der Waals surface area contributed by atoms with Crippen molar-refractivity contribution in [3.63, 3.8) is 0 Å². The second-order valence-electron chi connectivity index (χ2n) is 12.6. The Kier molecular flexibility index (Phi) is 9.81. The Bertz CT molecular complexity index is 1660. The van der Waals surface area contributed by atoms with Gasteiger partial charge in [0.2, 0.25) is 5.95 Å². The molecule has 0 radical (unpaired) electrons. The number of halogens is 1. The Hall–Kier alpha value is -4.06. The minimum Gasteiger partial charge on any atom is -0.496 e. The van der Waals surface area contributed by atoms with Crippen LogP contribution >= 0.6 is 0 Å². The molecule has 0 spiro atoms. The summed E-state index contributed by atoms with van der Waals surface area (Å²) in [7, 11) is 5.70. The summed E-state index contributed by atoms with van der Waals surface area (Å²) in [6, 6.07) is 15.2. The first-order valence-corrected chi connectivity index (χ1v) is 16.2. The summed E-state index contributed by atoms with van der Waals surface area (Å²) >= 11 is 0. The van der Waals surface area contributed by atoms with Crippen molar-refractivity contribution in [2.75, 3.05) is 57.6 Å². The molecule has 1 amide bonds. The van der Waals surface area contributed by atoms with Crippen LogP contribution in [0.1, 0.15) is 54.9 Å². The minimum absolute atomic E-state index is 0.0389. The van der Waals surface area contributed by atoms with Gasteiger partial charge in [-0.3, -0.25) is 15.1 Å². The largest absolute Gasteiger partial charge is 0.496 e. The number of hydrogen-bond acceptors (Lipinski definition) is 8. The normalized spacial score (nSPS) is 19.1. The summed E-state index contributed by atoms with van der Waals surface area (Å²) in [6.45, 7) is 3.91. The number of aliphatic hydroxyl groups is 1. The van der Waals surface area contributed by atoms with Crippen molar-refractivity contribution in [2.24, 2.45) is 0 Å². The molecule has 244 valence electrons. The third kappa shape index (κ3) is 6.86. The molecule has 2 aromatic carbocycles. The van der Waals surface area contributed by atoms with E-state index in [1.165, 1.54) is 19.4 Å². The number of pyridine rings is 1. The fourth-order valence-corrected chi connectivity index (χ4v) is 6.70. The molecule has 11 heteroatoms. The number of rotatable bonds is 10. The number of fused-ring (bicyclic) bond motifs is 1. The number of carbonyl (C=O) groups excluding carboxylic acids is 1. The first-order valence-electron chi connectivity index (χ1n) is 16.2. The fourth-order valence-electron chi connectivity index (χ4n) is 6.70. The number of imidazole rings is 1. The molecule has 1 saturated carbocycles. The van der Waals surface area contributed by atoms with Crippen LogP contribution in [0.2, 0.25) is 0 Å². The molecule has 46 heavy (non-hydrogen) atoms. The van der Waals surface area contributed by atoms with E-state index in [2.05, 4.69) is 56.2 Å². The lowest BCUT2D eigenvalue weighted by Gasteiger charge is -2.34. The molecule has 1 aliphatic heterocycles. The third-order valence-electron chi connectivity index (χ3n) is 9.28. The highest BCUT2D eigenvalue weighted by Gasteiger charge is 2.28. The molecule has 0 bridgehead atoms. The smallest absolute Gasteiger partial charge is 0.261 e. The summed E-state index contributed by atoms with van der Waals surface area (Å²) in [4.78, 5) is 27.3. The minimum atomic E-state index is -0.727. The first kappa shape index (κ1) is 31.9. The van der Waals surface area contributed by atoms with Gasteiger partial charge in [-0.25, -0.2) is 9.37 Å². The van der Waals surface area contributed by atoms with Crippen LogP contribution in [0.15, 0.2) is 54.7 Å². The standard InChI is InChI=1S/C35H44FN7O3/c1-41(2)21-18-37-23-15-19-42(20-16-23)25-10-13-29-30(22-25)43(24-8-11-26(44)12-9-24)35(39-29)40-34(45)28-14-17-38-33(32(28)36)27-6-4-5-7-31(27)46-3/h4-7,10,13-14,17,22-24,26,37,44H,8-9,11-12,15-16,18-21H2,1-3H3,(H,39,40,45). The van der Waals surface area contributed by atoms with E-state index in [9.17, 15) is 9.90 Å². The maximum Gasteiger partial charge on any atom is 0.261 e. The molecule has 6 rings (SSSR count). The molecular weight excluding hydrogens is 585 g/mol. The number of anilines is 2. The second kappa shape index (κ2) is 14.1. The average Bonchev–Trinajstić information content (AvgIpc) is 3.42. The fraction of sp³-hybridized carbons (Fsp3) is 0.457. The van der Waals surface area contributed by atoms with Crippen LogP contribution in [0.3, 0.4) is 0 Å². The van der Waals surface area contributed by atoms with Gasteiger partial charge >= 0.3 is 0 Å². The zero-order valence-electron chi connectivity index (χ0n) is 26.9. The lowest BCUT2D eigenvalue weighted by Crippen LogP contribution is -2.44. The van der Waals surface area contributed by atoms with Crippen LogP contribution in [0.4, 0.5) is 16.0 Å². The topological polar surface area (TPSA) is 108 Å². The van der Waals surface area contributed by atoms with Crippen LogP contribution in [0.25, 0.3) is 22.3 Å². The molecule has 2 aliphatic rings. The van der Waals surface area contributed by atoms with Crippen molar-refractivity contribution < 1.29 is 19.0 Å². The number of para-hydroxylation sites is 1. The van der Waals surface area contributed by atoms with Gasteiger partial charge in [0.15, 0.2) is 5.82 Å². The predicted molar refractivity (Wildman–Crippen MR) is 179 cm³/mol. The van der Waals surface area contributed by atoms with Crippen molar-refractivity contribution in [3.05, 3.63) is 66.1 Å².